The molecule has 0 saturated carbocycles. The van der Waals surface area contributed by atoms with E-state index in [-0.39, 0.29) is 0 Å². The summed E-state index contributed by atoms with van der Waals surface area (Å²) in [4.78, 5) is 13.5. The van der Waals surface area contributed by atoms with Gasteiger partial charge in [0, 0.05) is 19.8 Å². The van der Waals surface area contributed by atoms with Crippen LogP contribution in [0.1, 0.15) is 26.2 Å². The number of ether oxygens (including phenoxy) is 1. The van der Waals surface area contributed by atoms with E-state index in [1.165, 1.54) is 0 Å². The number of aliphatic carboxylic acids is 1. The lowest BCUT2D eigenvalue weighted by atomic mass is 9.92. The molecule has 1 aliphatic rings. The van der Waals surface area contributed by atoms with E-state index < -0.39 is 11.5 Å². The van der Waals surface area contributed by atoms with Crippen molar-refractivity contribution < 1.29 is 14.6 Å². The summed E-state index contributed by atoms with van der Waals surface area (Å²) >= 11 is 0. The Morgan fingerprint density at radius 3 is 2.59 bits per heavy atom. The first kappa shape index (κ1) is 14.4. The molecule has 0 bridgehead atoms. The Morgan fingerprint density at radius 2 is 2.12 bits per heavy atom. The molecule has 0 aliphatic carbocycles. The number of nitrogens with zero attached hydrogens (tertiary/aromatic N) is 1. The second-order valence-electron chi connectivity index (χ2n) is 4.91. The Bertz CT molecular complexity index is 254. The van der Waals surface area contributed by atoms with Gasteiger partial charge in [-0.2, -0.15) is 0 Å². The van der Waals surface area contributed by atoms with Gasteiger partial charge in [-0.15, -0.1) is 0 Å². The standard InChI is InChI=1S/C12H24N2O3/c1-12(11(15)16,6-9-17-3)14(2)10-4-7-13-8-5-10/h10,13H,4-9H2,1-3H3,(H,15,16). The second kappa shape index (κ2) is 6.33. The van der Waals surface area contributed by atoms with Crippen LogP contribution in [0.2, 0.25) is 0 Å². The first-order valence-electron chi connectivity index (χ1n) is 6.18. The van der Waals surface area contributed by atoms with Crippen LogP contribution in [0, 0.1) is 0 Å². The molecule has 0 amide bonds. The molecule has 5 heteroatoms. The fourth-order valence-corrected chi connectivity index (χ4v) is 2.33. The summed E-state index contributed by atoms with van der Waals surface area (Å²) < 4.78 is 5.02. The highest BCUT2D eigenvalue weighted by molar-refractivity contribution is 5.78. The van der Waals surface area contributed by atoms with Gasteiger partial charge in [-0.3, -0.25) is 9.69 Å². The lowest BCUT2D eigenvalue weighted by molar-refractivity contribution is -0.153. The predicted octanol–water partition coefficient (Wildman–Crippen LogP) is 0.550. The molecule has 0 aromatic rings. The normalized spacial score (nSPS) is 21.4. The van der Waals surface area contributed by atoms with Gasteiger partial charge < -0.3 is 15.2 Å². The Labute approximate surface area is 103 Å². The highest BCUT2D eigenvalue weighted by atomic mass is 16.5. The summed E-state index contributed by atoms with van der Waals surface area (Å²) in [6, 6.07) is 0.342. The van der Waals surface area contributed by atoms with Crippen LogP contribution in [0.5, 0.6) is 0 Å². The highest BCUT2D eigenvalue weighted by Crippen LogP contribution is 2.24. The van der Waals surface area contributed by atoms with E-state index >= 15 is 0 Å². The maximum Gasteiger partial charge on any atom is 0.323 e. The van der Waals surface area contributed by atoms with Crippen LogP contribution in [0.15, 0.2) is 0 Å². The zero-order chi connectivity index (χ0) is 12.9. The molecule has 1 heterocycles. The van der Waals surface area contributed by atoms with Gasteiger partial charge in [0.1, 0.15) is 5.54 Å². The van der Waals surface area contributed by atoms with Crippen molar-refractivity contribution in [3.8, 4) is 0 Å². The molecular weight excluding hydrogens is 220 g/mol. The molecule has 2 N–H and O–H groups in total. The van der Waals surface area contributed by atoms with Crippen molar-refractivity contribution in [2.45, 2.75) is 37.8 Å². The van der Waals surface area contributed by atoms with Crippen LogP contribution in [-0.2, 0) is 9.53 Å². The Balaban J connectivity index is 2.70. The Kier molecular flexibility index (Phi) is 5.36. The van der Waals surface area contributed by atoms with Crippen molar-refractivity contribution in [2.24, 2.45) is 0 Å². The molecule has 1 rings (SSSR count). The van der Waals surface area contributed by atoms with Crippen LogP contribution in [0.3, 0.4) is 0 Å². The molecule has 0 spiro atoms. The number of rotatable bonds is 6. The molecule has 1 aliphatic heterocycles. The maximum absolute atomic E-state index is 11.5. The number of likely N-dealkylation sites (N-methyl/N-ethyl adjacent to an activating group) is 1. The predicted molar refractivity (Wildman–Crippen MR) is 66.2 cm³/mol. The quantitative estimate of drug-likeness (QED) is 0.714. The molecule has 5 nitrogen and oxygen atoms in total. The van der Waals surface area contributed by atoms with Crippen LogP contribution >= 0.6 is 0 Å². The number of carbonyl (C=O) groups is 1. The average molecular weight is 244 g/mol. The summed E-state index contributed by atoms with van der Waals surface area (Å²) in [6.45, 7) is 4.19. The lowest BCUT2D eigenvalue weighted by Crippen LogP contribution is -2.57. The van der Waals surface area contributed by atoms with Gasteiger partial charge in [0.25, 0.3) is 0 Å². The molecule has 0 radical (unpaired) electrons. The molecule has 100 valence electrons. The molecule has 0 aromatic heterocycles. The van der Waals surface area contributed by atoms with E-state index in [0.717, 1.165) is 25.9 Å². The monoisotopic (exact) mass is 244 g/mol. The van der Waals surface area contributed by atoms with Gasteiger partial charge in [0.05, 0.1) is 0 Å². The molecular formula is C12H24N2O3. The first-order chi connectivity index (χ1) is 8.02. The fraction of sp³-hybridized carbons (Fsp3) is 0.917. The minimum atomic E-state index is -0.835. The molecule has 1 atom stereocenters. The number of piperidine rings is 1. The first-order valence-corrected chi connectivity index (χ1v) is 6.18. The second-order valence-corrected chi connectivity index (χ2v) is 4.91. The summed E-state index contributed by atoms with van der Waals surface area (Å²) in [7, 11) is 3.52. The topological polar surface area (TPSA) is 61.8 Å². The fourth-order valence-electron chi connectivity index (χ4n) is 2.33. The van der Waals surface area contributed by atoms with Crippen molar-refractivity contribution >= 4 is 5.97 Å². The van der Waals surface area contributed by atoms with Crippen LogP contribution in [0.4, 0.5) is 0 Å². The molecule has 1 fully saturated rings. The highest BCUT2D eigenvalue weighted by Gasteiger charge is 2.40. The van der Waals surface area contributed by atoms with E-state index in [0.29, 0.717) is 19.1 Å². The van der Waals surface area contributed by atoms with Crippen LogP contribution in [0.25, 0.3) is 0 Å². The van der Waals surface area contributed by atoms with Crippen molar-refractivity contribution in [3.05, 3.63) is 0 Å². The average Bonchev–Trinajstić information content (AvgIpc) is 2.35. The van der Waals surface area contributed by atoms with E-state index in [2.05, 4.69) is 5.32 Å². The van der Waals surface area contributed by atoms with Gasteiger partial charge in [0.2, 0.25) is 0 Å². The molecule has 1 unspecified atom stereocenters. The van der Waals surface area contributed by atoms with Gasteiger partial charge in [-0.1, -0.05) is 0 Å². The third kappa shape index (κ3) is 3.40. The van der Waals surface area contributed by atoms with Crippen molar-refractivity contribution in [1.82, 2.24) is 10.2 Å². The van der Waals surface area contributed by atoms with E-state index in [9.17, 15) is 9.90 Å². The van der Waals surface area contributed by atoms with E-state index in [4.69, 9.17) is 4.74 Å². The number of carboxylic acids is 1. The SMILES string of the molecule is COCCC(C)(C(=O)O)N(C)C1CCNCC1. The third-order valence-electron chi connectivity index (χ3n) is 3.89. The third-order valence-corrected chi connectivity index (χ3v) is 3.89. The largest absolute Gasteiger partial charge is 0.480 e. The van der Waals surface area contributed by atoms with E-state index in [1.54, 1.807) is 14.0 Å². The number of carboxylic acid groups (broad SMARTS) is 1. The number of hydrogen-bond acceptors (Lipinski definition) is 4. The maximum atomic E-state index is 11.5. The Hall–Kier alpha value is -0.650. The molecule has 1 saturated heterocycles. The van der Waals surface area contributed by atoms with Gasteiger partial charge in [-0.25, -0.2) is 0 Å². The molecule has 17 heavy (non-hydrogen) atoms. The number of nitrogens with one attached hydrogen (secondary N) is 1. The number of hydrogen-bond donors (Lipinski definition) is 2. The Morgan fingerprint density at radius 1 is 1.53 bits per heavy atom. The van der Waals surface area contributed by atoms with Crippen molar-refractivity contribution in [2.75, 3.05) is 33.9 Å². The van der Waals surface area contributed by atoms with Crippen molar-refractivity contribution in [1.29, 1.82) is 0 Å². The summed E-state index contributed by atoms with van der Waals surface area (Å²) in [5.74, 6) is -0.768. The lowest BCUT2D eigenvalue weighted by Gasteiger charge is -2.42. The van der Waals surface area contributed by atoms with Crippen molar-refractivity contribution in [3.63, 3.8) is 0 Å². The van der Waals surface area contributed by atoms with Crippen LogP contribution in [-0.4, -0.2) is 61.4 Å². The van der Waals surface area contributed by atoms with Gasteiger partial charge in [-0.05, 0) is 46.3 Å². The smallest absolute Gasteiger partial charge is 0.323 e. The summed E-state index contributed by atoms with van der Waals surface area (Å²) in [6.07, 6.45) is 2.53. The minimum absolute atomic E-state index is 0.342. The summed E-state index contributed by atoms with van der Waals surface area (Å²) in [5.41, 5.74) is -0.835. The number of methoxy groups -OCH3 is 1. The van der Waals surface area contributed by atoms with Crippen LogP contribution < -0.4 is 5.32 Å². The van der Waals surface area contributed by atoms with Gasteiger partial charge in [0.15, 0.2) is 0 Å². The van der Waals surface area contributed by atoms with Gasteiger partial charge >= 0.3 is 5.97 Å². The summed E-state index contributed by atoms with van der Waals surface area (Å²) in [5, 5.41) is 12.7. The molecule has 0 aromatic carbocycles. The zero-order valence-corrected chi connectivity index (χ0v) is 11.0. The minimum Gasteiger partial charge on any atom is -0.480 e. The zero-order valence-electron chi connectivity index (χ0n) is 11.0. The van der Waals surface area contributed by atoms with E-state index in [1.807, 2.05) is 11.9 Å².